The second kappa shape index (κ2) is 6.78. The highest BCUT2D eigenvalue weighted by molar-refractivity contribution is 6.33. The first-order chi connectivity index (χ1) is 9.99. The third kappa shape index (κ3) is 3.86. The van der Waals surface area contributed by atoms with Crippen LogP contribution in [0.25, 0.3) is 0 Å². The van der Waals surface area contributed by atoms with Gasteiger partial charge >= 0.3 is 12.0 Å². The van der Waals surface area contributed by atoms with Crippen molar-refractivity contribution in [3.05, 3.63) is 28.8 Å². The number of carbonyl (C=O) groups excluding carboxylic acids is 1. The van der Waals surface area contributed by atoms with Crippen molar-refractivity contribution in [2.75, 3.05) is 25.6 Å². The van der Waals surface area contributed by atoms with Gasteiger partial charge in [-0.05, 0) is 31.0 Å². The molecule has 0 radical (unpaired) electrons. The Morgan fingerprint density at radius 3 is 2.62 bits per heavy atom. The zero-order chi connectivity index (χ0) is 15.4. The standard InChI is InChI=1S/C14H17ClN2O4/c1-17(10-4-6-21-7-5-10)14(20)16-9-2-3-11(13(18)19)12(15)8-9/h2-3,8,10H,4-7H2,1H3,(H,16,20)(H,18,19). The lowest BCUT2D eigenvalue weighted by molar-refractivity contribution is 0.0544. The molecule has 114 valence electrons. The average Bonchev–Trinajstić information content (AvgIpc) is 2.47. The molecule has 2 N–H and O–H groups in total. The summed E-state index contributed by atoms with van der Waals surface area (Å²) >= 11 is 5.87. The molecule has 0 aromatic heterocycles. The number of nitrogens with one attached hydrogen (secondary N) is 1. The first-order valence-corrected chi connectivity index (χ1v) is 7.01. The predicted octanol–water partition coefficient (Wildman–Crippen LogP) is 2.68. The Kier molecular flexibility index (Phi) is 5.03. The van der Waals surface area contributed by atoms with Crippen LogP contribution in [0, 0.1) is 0 Å². The smallest absolute Gasteiger partial charge is 0.337 e. The van der Waals surface area contributed by atoms with Crippen molar-refractivity contribution in [3.8, 4) is 0 Å². The van der Waals surface area contributed by atoms with E-state index in [4.69, 9.17) is 21.4 Å². The predicted molar refractivity (Wildman–Crippen MR) is 79.0 cm³/mol. The monoisotopic (exact) mass is 312 g/mol. The van der Waals surface area contributed by atoms with Gasteiger partial charge in [-0.2, -0.15) is 0 Å². The summed E-state index contributed by atoms with van der Waals surface area (Å²) in [5.41, 5.74) is 0.473. The number of rotatable bonds is 3. The maximum atomic E-state index is 12.2. The van der Waals surface area contributed by atoms with Crippen molar-refractivity contribution >= 4 is 29.3 Å². The fourth-order valence-electron chi connectivity index (χ4n) is 2.22. The Labute approximate surface area is 127 Å². The van der Waals surface area contributed by atoms with Crippen molar-refractivity contribution in [2.45, 2.75) is 18.9 Å². The summed E-state index contributed by atoms with van der Waals surface area (Å²) < 4.78 is 5.27. The molecule has 2 rings (SSSR count). The zero-order valence-corrected chi connectivity index (χ0v) is 12.4. The molecular weight excluding hydrogens is 296 g/mol. The lowest BCUT2D eigenvalue weighted by Gasteiger charge is -2.31. The Hall–Kier alpha value is -1.79. The fourth-order valence-corrected chi connectivity index (χ4v) is 2.48. The van der Waals surface area contributed by atoms with Gasteiger partial charge in [0, 0.05) is 32.0 Å². The molecule has 6 nitrogen and oxygen atoms in total. The maximum absolute atomic E-state index is 12.2. The highest BCUT2D eigenvalue weighted by Gasteiger charge is 2.22. The van der Waals surface area contributed by atoms with Crippen LogP contribution < -0.4 is 5.32 Å². The Morgan fingerprint density at radius 1 is 1.38 bits per heavy atom. The molecule has 1 aromatic rings. The minimum Gasteiger partial charge on any atom is -0.478 e. The van der Waals surface area contributed by atoms with Crippen LogP contribution in [-0.2, 0) is 4.74 Å². The first kappa shape index (κ1) is 15.6. The molecule has 2 amide bonds. The molecule has 1 aromatic carbocycles. The molecule has 21 heavy (non-hydrogen) atoms. The molecule has 0 atom stereocenters. The van der Waals surface area contributed by atoms with E-state index >= 15 is 0 Å². The Bertz CT molecular complexity index is 544. The van der Waals surface area contributed by atoms with Gasteiger partial charge in [0.05, 0.1) is 10.6 Å². The van der Waals surface area contributed by atoms with Crippen LogP contribution in [0.5, 0.6) is 0 Å². The van der Waals surface area contributed by atoms with Gasteiger partial charge in [0.25, 0.3) is 0 Å². The van der Waals surface area contributed by atoms with Gasteiger partial charge in [0.1, 0.15) is 0 Å². The summed E-state index contributed by atoms with van der Waals surface area (Å²) in [6, 6.07) is 4.22. The highest BCUT2D eigenvalue weighted by Crippen LogP contribution is 2.22. The highest BCUT2D eigenvalue weighted by atomic mass is 35.5. The maximum Gasteiger partial charge on any atom is 0.337 e. The van der Waals surface area contributed by atoms with Gasteiger partial charge in [-0.1, -0.05) is 11.6 Å². The Morgan fingerprint density at radius 2 is 2.05 bits per heavy atom. The molecule has 0 unspecified atom stereocenters. The number of urea groups is 1. The number of benzene rings is 1. The normalized spacial score (nSPS) is 15.5. The van der Waals surface area contributed by atoms with E-state index in [0.717, 1.165) is 12.8 Å². The average molecular weight is 313 g/mol. The summed E-state index contributed by atoms with van der Waals surface area (Å²) in [5.74, 6) is -1.10. The number of carboxylic acid groups (broad SMARTS) is 1. The largest absolute Gasteiger partial charge is 0.478 e. The first-order valence-electron chi connectivity index (χ1n) is 6.63. The second-order valence-corrected chi connectivity index (χ2v) is 5.29. The van der Waals surface area contributed by atoms with Crippen LogP contribution >= 0.6 is 11.6 Å². The molecule has 7 heteroatoms. The molecule has 1 saturated heterocycles. The summed E-state index contributed by atoms with van der Waals surface area (Å²) in [7, 11) is 1.73. The molecule has 0 aliphatic carbocycles. The number of nitrogens with zero attached hydrogens (tertiary/aromatic N) is 1. The minimum absolute atomic E-state index is 0.00690. The number of hydrogen-bond acceptors (Lipinski definition) is 3. The molecule has 0 saturated carbocycles. The molecule has 1 heterocycles. The summed E-state index contributed by atoms with van der Waals surface area (Å²) in [6.07, 6.45) is 1.62. The van der Waals surface area contributed by atoms with Crippen molar-refractivity contribution in [1.29, 1.82) is 0 Å². The van der Waals surface area contributed by atoms with E-state index in [1.54, 1.807) is 11.9 Å². The third-order valence-electron chi connectivity index (χ3n) is 3.51. The van der Waals surface area contributed by atoms with E-state index in [-0.39, 0.29) is 22.7 Å². The number of ether oxygens (including phenoxy) is 1. The van der Waals surface area contributed by atoms with Gasteiger partial charge in [-0.15, -0.1) is 0 Å². The number of amides is 2. The number of carbonyl (C=O) groups is 2. The summed E-state index contributed by atoms with van der Waals surface area (Å²) in [6.45, 7) is 1.31. The van der Waals surface area contributed by atoms with Crippen LogP contribution in [0.15, 0.2) is 18.2 Å². The molecule has 0 bridgehead atoms. The lowest BCUT2D eigenvalue weighted by atomic mass is 10.1. The molecule has 1 aliphatic heterocycles. The van der Waals surface area contributed by atoms with Crippen molar-refractivity contribution < 1.29 is 19.4 Å². The number of aromatic carboxylic acids is 1. The van der Waals surface area contributed by atoms with Gasteiger partial charge in [0.15, 0.2) is 0 Å². The molecule has 0 spiro atoms. The zero-order valence-electron chi connectivity index (χ0n) is 11.6. The van der Waals surface area contributed by atoms with Gasteiger partial charge in [-0.3, -0.25) is 0 Å². The van der Waals surface area contributed by atoms with Crippen molar-refractivity contribution in [2.24, 2.45) is 0 Å². The molecule has 1 fully saturated rings. The minimum atomic E-state index is -1.10. The molecular formula is C14H17ClN2O4. The number of carboxylic acids is 1. The van der Waals surface area contributed by atoms with E-state index in [1.807, 2.05) is 0 Å². The van der Waals surface area contributed by atoms with E-state index in [2.05, 4.69) is 5.32 Å². The third-order valence-corrected chi connectivity index (χ3v) is 3.82. The second-order valence-electron chi connectivity index (χ2n) is 4.88. The number of halogens is 1. The van der Waals surface area contributed by atoms with Crippen LogP contribution in [0.1, 0.15) is 23.2 Å². The molecule has 1 aliphatic rings. The van der Waals surface area contributed by atoms with Crippen molar-refractivity contribution in [1.82, 2.24) is 4.90 Å². The summed E-state index contributed by atoms with van der Waals surface area (Å²) in [4.78, 5) is 24.7. The summed E-state index contributed by atoms with van der Waals surface area (Å²) in [5, 5.41) is 11.7. The van der Waals surface area contributed by atoms with Gasteiger partial charge < -0.3 is 20.1 Å². The van der Waals surface area contributed by atoms with Crippen LogP contribution in [0.3, 0.4) is 0 Å². The van der Waals surface area contributed by atoms with E-state index in [9.17, 15) is 9.59 Å². The van der Waals surface area contributed by atoms with Gasteiger partial charge in [0.2, 0.25) is 0 Å². The van der Waals surface area contributed by atoms with E-state index in [1.165, 1.54) is 18.2 Å². The number of anilines is 1. The fraction of sp³-hybridized carbons (Fsp3) is 0.429. The van der Waals surface area contributed by atoms with Crippen LogP contribution in [-0.4, -0.2) is 48.3 Å². The quantitative estimate of drug-likeness (QED) is 0.899. The Balaban J connectivity index is 2.01. The van der Waals surface area contributed by atoms with E-state index < -0.39 is 5.97 Å². The SMILES string of the molecule is CN(C(=O)Nc1ccc(C(=O)O)c(Cl)c1)C1CCOCC1. The lowest BCUT2D eigenvalue weighted by Crippen LogP contribution is -2.42. The number of hydrogen-bond donors (Lipinski definition) is 2. The van der Waals surface area contributed by atoms with Crippen LogP contribution in [0.4, 0.5) is 10.5 Å². The van der Waals surface area contributed by atoms with E-state index in [0.29, 0.717) is 18.9 Å². The van der Waals surface area contributed by atoms with Crippen LogP contribution in [0.2, 0.25) is 5.02 Å². The topological polar surface area (TPSA) is 78.9 Å². The van der Waals surface area contributed by atoms with Gasteiger partial charge in [-0.25, -0.2) is 9.59 Å². The van der Waals surface area contributed by atoms with Crippen molar-refractivity contribution in [3.63, 3.8) is 0 Å².